The van der Waals surface area contributed by atoms with E-state index in [2.05, 4.69) is 42.1 Å². The molecule has 2 fully saturated rings. The van der Waals surface area contributed by atoms with E-state index in [-0.39, 0.29) is 11.7 Å². The van der Waals surface area contributed by atoms with Gasteiger partial charge in [-0.25, -0.2) is 9.78 Å². The number of pyridine rings is 1. The van der Waals surface area contributed by atoms with Gasteiger partial charge in [0.25, 0.3) is 0 Å². The first-order chi connectivity index (χ1) is 20.3. The van der Waals surface area contributed by atoms with Crippen molar-refractivity contribution in [2.24, 2.45) is 5.92 Å². The van der Waals surface area contributed by atoms with Gasteiger partial charge in [0, 0.05) is 29.4 Å². The topological polar surface area (TPSA) is 97.6 Å². The maximum atomic E-state index is 14.7. The number of likely N-dealkylation sites (tertiary alicyclic amines) is 1. The van der Waals surface area contributed by atoms with Gasteiger partial charge in [0.1, 0.15) is 17.9 Å². The van der Waals surface area contributed by atoms with Crippen molar-refractivity contribution in [3.05, 3.63) is 81.7 Å². The molecule has 0 radical (unpaired) electrons. The zero-order chi connectivity index (χ0) is 29.4. The number of carboxylic acids is 1. The molecule has 3 aromatic heterocycles. The highest BCUT2D eigenvalue weighted by Gasteiger charge is 2.35. The molecule has 0 bridgehead atoms. The zero-order valence-electron chi connectivity index (χ0n) is 23.7. The highest BCUT2D eigenvalue weighted by molar-refractivity contribution is 7.15. The molecule has 4 heterocycles. The van der Waals surface area contributed by atoms with Gasteiger partial charge in [0.2, 0.25) is 11.9 Å². The lowest BCUT2D eigenvalue weighted by Crippen LogP contribution is -2.38. The quantitative estimate of drug-likeness (QED) is 0.243. The van der Waals surface area contributed by atoms with Crippen molar-refractivity contribution in [1.29, 1.82) is 0 Å². The number of thiophene rings is 1. The van der Waals surface area contributed by atoms with Crippen LogP contribution in [0.3, 0.4) is 0 Å². The minimum absolute atomic E-state index is 0.199. The monoisotopic (exact) mass is 588 g/mol. The largest absolute Gasteiger partial charge is 0.489 e. The molecule has 1 amide bonds. The fraction of sp³-hybridized carbons (Fsp3) is 0.375. The average Bonchev–Trinajstić information content (AvgIpc) is 3.65. The summed E-state index contributed by atoms with van der Waals surface area (Å²) in [7, 11) is 0. The molecule has 4 aromatic rings. The Kier molecular flexibility index (Phi) is 7.81. The SMILES string of the molecule is CCc1cc(COc2ccc(C3CCN(C(=O)C4CC4)CC3)cc2C)c(-c2cccc(-n3ncc(C(=O)O)c3F)n2)s1. The number of carboxylic acid groups (broad SMARTS) is 1. The predicted molar refractivity (Wildman–Crippen MR) is 158 cm³/mol. The van der Waals surface area contributed by atoms with Crippen molar-refractivity contribution in [1.82, 2.24) is 19.7 Å². The number of hydrogen-bond donors (Lipinski definition) is 1. The molecular formula is C32H33FN4O4S. The lowest BCUT2D eigenvalue weighted by Gasteiger charge is -2.32. The molecule has 6 rings (SSSR count). The summed E-state index contributed by atoms with van der Waals surface area (Å²) in [6.07, 6.45) is 5.92. The van der Waals surface area contributed by atoms with Gasteiger partial charge in [-0.3, -0.25) is 4.79 Å². The number of nitrogens with zero attached hydrogens (tertiary/aromatic N) is 4. The maximum absolute atomic E-state index is 14.7. The molecular weight excluding hydrogens is 555 g/mol. The standard InChI is InChI=1S/C32H33FN4O4S/c1-3-24-16-23(29(42-24)26-5-4-6-28(35-26)37-30(33)25(17-34-37)32(39)40)18-41-27-10-9-22(15-19(27)2)20-11-13-36(14-12-20)31(38)21-7-8-21/h4-6,9-10,15-17,20-21H,3,7-8,11-14,18H2,1-2H3,(H,39,40). The van der Waals surface area contributed by atoms with Crippen LogP contribution in [0.25, 0.3) is 16.4 Å². The summed E-state index contributed by atoms with van der Waals surface area (Å²) in [5.74, 6) is -0.261. The Morgan fingerprint density at radius 1 is 1.12 bits per heavy atom. The van der Waals surface area contributed by atoms with E-state index in [1.165, 1.54) is 10.4 Å². The number of carbonyl (C=O) groups is 2. The summed E-state index contributed by atoms with van der Waals surface area (Å²) >= 11 is 1.61. The first-order valence-corrected chi connectivity index (χ1v) is 15.2. The molecule has 0 atom stereocenters. The summed E-state index contributed by atoms with van der Waals surface area (Å²) in [5.41, 5.74) is 3.47. The molecule has 218 valence electrons. The molecule has 42 heavy (non-hydrogen) atoms. The molecule has 0 spiro atoms. The molecule has 10 heteroatoms. The van der Waals surface area contributed by atoms with Gasteiger partial charge in [-0.15, -0.1) is 11.3 Å². The third-order valence-corrected chi connectivity index (χ3v) is 9.46. The van der Waals surface area contributed by atoms with E-state index >= 15 is 0 Å². The van der Waals surface area contributed by atoms with Gasteiger partial charge in [-0.1, -0.05) is 25.1 Å². The lowest BCUT2D eigenvalue weighted by molar-refractivity contribution is -0.133. The van der Waals surface area contributed by atoms with Gasteiger partial charge < -0.3 is 14.7 Å². The van der Waals surface area contributed by atoms with Gasteiger partial charge >= 0.3 is 5.97 Å². The van der Waals surface area contributed by atoms with Crippen molar-refractivity contribution >= 4 is 23.2 Å². The van der Waals surface area contributed by atoms with E-state index in [4.69, 9.17) is 4.74 Å². The van der Waals surface area contributed by atoms with E-state index < -0.39 is 17.5 Å². The second-order valence-electron chi connectivity index (χ2n) is 11.1. The van der Waals surface area contributed by atoms with Crippen LogP contribution in [0, 0.1) is 18.8 Å². The minimum Gasteiger partial charge on any atom is -0.489 e. The van der Waals surface area contributed by atoms with Crippen molar-refractivity contribution in [3.63, 3.8) is 0 Å². The van der Waals surface area contributed by atoms with Gasteiger partial charge in [-0.05, 0) is 80.3 Å². The molecule has 1 aromatic carbocycles. The van der Waals surface area contributed by atoms with E-state index in [0.717, 1.165) is 77.8 Å². The summed E-state index contributed by atoms with van der Waals surface area (Å²) < 4.78 is 21.9. The van der Waals surface area contributed by atoms with Crippen LogP contribution in [0.1, 0.15) is 70.5 Å². The first-order valence-electron chi connectivity index (χ1n) is 14.4. The maximum Gasteiger partial charge on any atom is 0.342 e. The van der Waals surface area contributed by atoms with Crippen LogP contribution in [0.15, 0.2) is 48.7 Å². The molecule has 1 saturated heterocycles. The van der Waals surface area contributed by atoms with E-state index in [9.17, 15) is 19.1 Å². The second kappa shape index (κ2) is 11.7. The normalized spacial score (nSPS) is 15.6. The van der Waals surface area contributed by atoms with Crippen LogP contribution in [-0.2, 0) is 17.8 Å². The fourth-order valence-electron chi connectivity index (χ4n) is 5.55. The molecule has 1 saturated carbocycles. The summed E-state index contributed by atoms with van der Waals surface area (Å²) in [6.45, 7) is 6.17. The lowest BCUT2D eigenvalue weighted by atomic mass is 9.88. The first kappa shape index (κ1) is 28.1. The van der Waals surface area contributed by atoms with Crippen molar-refractivity contribution in [2.45, 2.75) is 58.5 Å². The molecule has 2 aliphatic rings. The molecule has 1 N–H and O–H groups in total. The van der Waals surface area contributed by atoms with Gasteiger partial charge in [0.05, 0.1) is 16.8 Å². The van der Waals surface area contributed by atoms with Crippen molar-refractivity contribution in [3.8, 4) is 22.1 Å². The number of aromatic nitrogens is 3. The summed E-state index contributed by atoms with van der Waals surface area (Å²) in [5, 5.41) is 13.1. The predicted octanol–water partition coefficient (Wildman–Crippen LogP) is 6.40. The number of ether oxygens (including phenoxy) is 1. The Balaban J connectivity index is 1.16. The van der Waals surface area contributed by atoms with Crippen LogP contribution in [-0.4, -0.2) is 49.7 Å². The fourth-order valence-corrected chi connectivity index (χ4v) is 6.63. The summed E-state index contributed by atoms with van der Waals surface area (Å²) in [6, 6.07) is 13.7. The third kappa shape index (κ3) is 5.68. The highest BCUT2D eigenvalue weighted by Crippen LogP contribution is 2.37. The molecule has 1 aliphatic heterocycles. The Morgan fingerprint density at radius 2 is 1.90 bits per heavy atom. The van der Waals surface area contributed by atoms with Crippen LogP contribution >= 0.6 is 11.3 Å². The molecule has 1 aliphatic carbocycles. The number of amides is 1. The number of carbonyl (C=O) groups excluding carboxylic acids is 1. The molecule has 0 unspecified atom stereocenters. The van der Waals surface area contributed by atoms with Crippen LogP contribution in [0.4, 0.5) is 4.39 Å². The summed E-state index contributed by atoms with van der Waals surface area (Å²) in [4.78, 5) is 32.4. The zero-order valence-corrected chi connectivity index (χ0v) is 24.5. The molecule has 8 nitrogen and oxygen atoms in total. The third-order valence-electron chi connectivity index (χ3n) is 8.12. The minimum atomic E-state index is -1.38. The van der Waals surface area contributed by atoms with E-state index in [0.29, 0.717) is 24.1 Å². The Hall–Kier alpha value is -4.05. The number of aryl methyl sites for hydroxylation is 2. The van der Waals surface area contributed by atoms with Crippen LogP contribution in [0.2, 0.25) is 0 Å². The van der Waals surface area contributed by atoms with Crippen molar-refractivity contribution in [2.75, 3.05) is 13.1 Å². The number of aromatic carboxylic acids is 1. The highest BCUT2D eigenvalue weighted by atomic mass is 32.1. The van der Waals surface area contributed by atoms with Crippen LogP contribution in [0.5, 0.6) is 5.75 Å². The van der Waals surface area contributed by atoms with Gasteiger partial charge in [0.15, 0.2) is 5.82 Å². The number of hydrogen-bond acceptors (Lipinski definition) is 6. The Labute approximate surface area is 247 Å². The van der Waals surface area contributed by atoms with E-state index in [1.54, 1.807) is 23.5 Å². The van der Waals surface area contributed by atoms with Crippen LogP contribution < -0.4 is 4.74 Å². The van der Waals surface area contributed by atoms with Gasteiger partial charge in [-0.2, -0.15) is 14.2 Å². The Morgan fingerprint density at radius 3 is 2.57 bits per heavy atom. The number of benzene rings is 1. The second-order valence-corrected chi connectivity index (χ2v) is 12.2. The number of halogens is 1. The van der Waals surface area contributed by atoms with E-state index in [1.807, 2.05) is 17.0 Å². The number of piperidine rings is 1. The Bertz CT molecular complexity index is 1640. The smallest absolute Gasteiger partial charge is 0.342 e. The van der Waals surface area contributed by atoms with Crippen molar-refractivity contribution < 1.29 is 23.8 Å². The average molecular weight is 589 g/mol. The number of rotatable bonds is 9.